The number of hydrogen-bond donors (Lipinski definition) is 1. The van der Waals surface area contributed by atoms with Crippen LogP contribution in [0, 0.1) is 0 Å². The Morgan fingerprint density at radius 1 is 1.19 bits per heavy atom. The molecule has 0 bridgehead atoms. The Morgan fingerprint density at radius 2 is 1.90 bits per heavy atom. The Hall–Kier alpha value is -1.85. The van der Waals surface area contributed by atoms with E-state index < -0.39 is 0 Å². The largest absolute Gasteiger partial charge is 0.482 e. The number of carbonyl (C=O) groups is 2. The van der Waals surface area contributed by atoms with Crippen molar-refractivity contribution >= 4 is 44.9 Å². The van der Waals surface area contributed by atoms with E-state index in [-0.39, 0.29) is 18.3 Å². The number of amides is 1. The molecule has 0 aromatic heterocycles. The molecule has 0 aliphatic carbocycles. The molecule has 0 unspecified atom stereocenters. The minimum Gasteiger partial charge on any atom is -0.482 e. The number of hydrogen-bond acceptors (Lipinski definition) is 3. The molecule has 1 N–H and O–H groups in total. The van der Waals surface area contributed by atoms with Crippen molar-refractivity contribution in [3.05, 3.63) is 57.0 Å². The maximum absolute atomic E-state index is 12.5. The van der Waals surface area contributed by atoms with Gasteiger partial charge in [0.05, 0.1) is 10.7 Å². The molecule has 1 aliphatic heterocycles. The van der Waals surface area contributed by atoms with Gasteiger partial charge in [0.1, 0.15) is 5.75 Å². The summed E-state index contributed by atoms with van der Waals surface area (Å²) in [6.07, 6.45) is 0. The van der Waals surface area contributed by atoms with Crippen molar-refractivity contribution in [1.29, 1.82) is 0 Å². The highest BCUT2D eigenvalue weighted by Crippen LogP contribution is 2.30. The fourth-order valence-electron chi connectivity index (χ4n) is 2.03. The number of ketones is 1. The van der Waals surface area contributed by atoms with E-state index in [2.05, 4.69) is 21.2 Å². The first-order valence-corrected chi connectivity index (χ1v) is 7.28. The smallest absolute Gasteiger partial charge is 0.262 e. The summed E-state index contributed by atoms with van der Waals surface area (Å²) < 4.78 is 5.92. The molecule has 0 saturated carbocycles. The summed E-state index contributed by atoms with van der Waals surface area (Å²) in [7, 11) is 0. The highest BCUT2D eigenvalue weighted by Gasteiger charge is 2.18. The van der Waals surface area contributed by atoms with Crippen LogP contribution in [-0.2, 0) is 4.79 Å². The molecule has 21 heavy (non-hydrogen) atoms. The summed E-state index contributed by atoms with van der Waals surface area (Å²) in [6, 6.07) is 9.93. The van der Waals surface area contributed by atoms with Crippen molar-refractivity contribution in [2.24, 2.45) is 0 Å². The van der Waals surface area contributed by atoms with Crippen LogP contribution in [0.15, 0.2) is 40.9 Å². The molecule has 0 radical (unpaired) electrons. The van der Waals surface area contributed by atoms with E-state index >= 15 is 0 Å². The number of fused-ring (bicyclic) bond motifs is 1. The van der Waals surface area contributed by atoms with Gasteiger partial charge in [-0.1, -0.05) is 11.6 Å². The molecule has 0 atom stereocenters. The number of halogens is 2. The van der Waals surface area contributed by atoms with Crippen molar-refractivity contribution in [2.75, 3.05) is 11.9 Å². The van der Waals surface area contributed by atoms with Gasteiger partial charge in [0.2, 0.25) is 0 Å². The van der Waals surface area contributed by atoms with Crippen molar-refractivity contribution < 1.29 is 14.3 Å². The van der Waals surface area contributed by atoms with Crippen molar-refractivity contribution in [2.45, 2.75) is 0 Å². The van der Waals surface area contributed by atoms with Crippen LogP contribution in [0.25, 0.3) is 0 Å². The predicted octanol–water partition coefficient (Wildman–Crippen LogP) is 3.66. The summed E-state index contributed by atoms with van der Waals surface area (Å²) in [5.41, 5.74) is 1.48. The Labute approximate surface area is 134 Å². The van der Waals surface area contributed by atoms with Crippen LogP contribution in [-0.4, -0.2) is 18.3 Å². The van der Waals surface area contributed by atoms with E-state index in [0.717, 1.165) is 0 Å². The van der Waals surface area contributed by atoms with Gasteiger partial charge < -0.3 is 10.1 Å². The minimum absolute atomic E-state index is 0.00950. The Kier molecular flexibility index (Phi) is 3.69. The fourth-order valence-corrected chi connectivity index (χ4v) is 2.52. The van der Waals surface area contributed by atoms with Gasteiger partial charge in [0, 0.05) is 15.6 Å². The van der Waals surface area contributed by atoms with Crippen LogP contribution < -0.4 is 10.1 Å². The second kappa shape index (κ2) is 5.50. The van der Waals surface area contributed by atoms with E-state index in [1.54, 1.807) is 36.4 Å². The molecular weight excluding hydrogens is 358 g/mol. The third-order valence-electron chi connectivity index (χ3n) is 3.06. The van der Waals surface area contributed by atoms with Crippen LogP contribution in [0.3, 0.4) is 0 Å². The van der Waals surface area contributed by atoms with Crippen molar-refractivity contribution in [3.63, 3.8) is 0 Å². The number of carbonyl (C=O) groups excluding carboxylic acids is 2. The lowest BCUT2D eigenvalue weighted by atomic mass is 10.0. The highest BCUT2D eigenvalue weighted by atomic mass is 79.9. The van der Waals surface area contributed by atoms with E-state index in [4.69, 9.17) is 16.3 Å². The predicted molar refractivity (Wildman–Crippen MR) is 83.2 cm³/mol. The first-order valence-electron chi connectivity index (χ1n) is 6.11. The first-order chi connectivity index (χ1) is 10.0. The van der Waals surface area contributed by atoms with E-state index in [0.29, 0.717) is 32.1 Å². The van der Waals surface area contributed by atoms with Crippen LogP contribution in [0.4, 0.5) is 5.69 Å². The minimum atomic E-state index is -0.235. The van der Waals surface area contributed by atoms with Gasteiger partial charge in [-0.15, -0.1) is 0 Å². The van der Waals surface area contributed by atoms with E-state index in [1.165, 1.54) is 0 Å². The Morgan fingerprint density at radius 3 is 2.67 bits per heavy atom. The molecule has 2 aromatic carbocycles. The first kappa shape index (κ1) is 14.1. The Balaban J connectivity index is 1.96. The number of rotatable bonds is 2. The van der Waals surface area contributed by atoms with Gasteiger partial charge in [-0.2, -0.15) is 0 Å². The molecule has 1 aliphatic rings. The summed E-state index contributed by atoms with van der Waals surface area (Å²) in [4.78, 5) is 23.8. The summed E-state index contributed by atoms with van der Waals surface area (Å²) in [5.74, 6) is 0.166. The van der Waals surface area contributed by atoms with Gasteiger partial charge >= 0.3 is 0 Å². The maximum atomic E-state index is 12.5. The number of anilines is 1. The zero-order valence-corrected chi connectivity index (χ0v) is 13.0. The average molecular weight is 367 g/mol. The highest BCUT2D eigenvalue weighted by molar-refractivity contribution is 9.10. The summed E-state index contributed by atoms with van der Waals surface area (Å²) in [5, 5.41) is 3.22. The molecule has 0 fully saturated rings. The van der Waals surface area contributed by atoms with Crippen LogP contribution in [0.5, 0.6) is 5.75 Å². The molecule has 106 valence electrons. The zero-order chi connectivity index (χ0) is 15.0. The van der Waals surface area contributed by atoms with E-state index in [9.17, 15) is 9.59 Å². The zero-order valence-electron chi connectivity index (χ0n) is 10.7. The van der Waals surface area contributed by atoms with Crippen molar-refractivity contribution in [1.82, 2.24) is 0 Å². The molecular formula is C15H9BrClNO3. The fraction of sp³-hybridized carbons (Fsp3) is 0.0667. The Bertz CT molecular complexity index is 761. The SMILES string of the molecule is O=C1COc2ccc(C(=O)c3ccc(Cl)c(Br)c3)cc2N1. The number of nitrogens with one attached hydrogen (secondary N) is 1. The second-order valence-corrected chi connectivity index (χ2v) is 5.77. The quantitative estimate of drug-likeness (QED) is 0.825. The molecule has 3 rings (SSSR count). The van der Waals surface area contributed by atoms with Gasteiger partial charge in [0.25, 0.3) is 5.91 Å². The molecule has 2 aromatic rings. The lowest BCUT2D eigenvalue weighted by Crippen LogP contribution is -2.25. The average Bonchev–Trinajstić information content (AvgIpc) is 2.48. The van der Waals surface area contributed by atoms with Crippen LogP contribution in [0.2, 0.25) is 5.02 Å². The molecule has 0 saturated heterocycles. The normalized spacial score (nSPS) is 13.1. The second-order valence-electron chi connectivity index (χ2n) is 4.51. The maximum Gasteiger partial charge on any atom is 0.262 e. The topological polar surface area (TPSA) is 55.4 Å². The number of ether oxygens (including phenoxy) is 1. The van der Waals surface area contributed by atoms with Gasteiger partial charge in [0.15, 0.2) is 12.4 Å². The van der Waals surface area contributed by atoms with E-state index in [1.807, 2.05) is 0 Å². The lowest BCUT2D eigenvalue weighted by molar-refractivity contribution is -0.118. The van der Waals surface area contributed by atoms with Crippen LogP contribution in [0.1, 0.15) is 15.9 Å². The van der Waals surface area contributed by atoms with Crippen molar-refractivity contribution in [3.8, 4) is 5.75 Å². The third kappa shape index (κ3) is 2.80. The van der Waals surface area contributed by atoms with Crippen LogP contribution >= 0.6 is 27.5 Å². The molecule has 1 heterocycles. The molecule has 1 amide bonds. The molecule has 4 nitrogen and oxygen atoms in total. The summed E-state index contributed by atoms with van der Waals surface area (Å²) in [6.45, 7) is -0.00950. The van der Waals surface area contributed by atoms with Gasteiger partial charge in [-0.3, -0.25) is 9.59 Å². The van der Waals surface area contributed by atoms with Gasteiger partial charge in [-0.25, -0.2) is 0 Å². The molecule has 6 heteroatoms. The third-order valence-corrected chi connectivity index (χ3v) is 4.27. The molecule has 0 spiro atoms. The monoisotopic (exact) mass is 365 g/mol. The lowest BCUT2D eigenvalue weighted by Gasteiger charge is -2.18. The number of benzene rings is 2. The van der Waals surface area contributed by atoms with Gasteiger partial charge in [-0.05, 0) is 52.3 Å². The summed E-state index contributed by atoms with van der Waals surface area (Å²) >= 11 is 9.21. The standard InChI is InChI=1S/C15H9BrClNO3/c16-10-5-8(1-3-11(10)17)15(20)9-2-4-13-12(6-9)18-14(19)7-21-13/h1-6H,7H2,(H,18,19).